The number of nitrogens with one attached hydrogen (secondary N) is 1. The van der Waals surface area contributed by atoms with Gasteiger partial charge in [-0.3, -0.25) is 10.1 Å². The maximum Gasteiger partial charge on any atom is 0.240 e. The van der Waals surface area contributed by atoms with E-state index in [2.05, 4.69) is 20.8 Å². The van der Waals surface area contributed by atoms with Gasteiger partial charge in [0.15, 0.2) is 5.82 Å². The predicted molar refractivity (Wildman–Crippen MR) is 93.0 cm³/mol. The van der Waals surface area contributed by atoms with Crippen molar-refractivity contribution in [2.45, 2.75) is 12.6 Å². The Morgan fingerprint density at radius 1 is 1.36 bits per heavy atom. The third kappa shape index (κ3) is 3.85. The van der Waals surface area contributed by atoms with Gasteiger partial charge in [0, 0.05) is 36.9 Å². The van der Waals surface area contributed by atoms with Crippen molar-refractivity contribution in [3.63, 3.8) is 0 Å². The van der Waals surface area contributed by atoms with Crippen LogP contribution in [0.3, 0.4) is 0 Å². The van der Waals surface area contributed by atoms with E-state index in [0.717, 1.165) is 11.6 Å². The van der Waals surface area contributed by atoms with Crippen molar-refractivity contribution >= 4 is 17.7 Å². The maximum absolute atomic E-state index is 12.5. The second-order valence-corrected chi connectivity index (χ2v) is 6.57. The highest BCUT2D eigenvalue weighted by Gasteiger charge is 2.26. The molecule has 134 valence electrons. The van der Waals surface area contributed by atoms with E-state index in [1.807, 2.05) is 0 Å². The molecule has 1 aliphatic heterocycles. The van der Waals surface area contributed by atoms with Gasteiger partial charge in [0.25, 0.3) is 0 Å². The van der Waals surface area contributed by atoms with Crippen LogP contribution in [0.2, 0.25) is 0 Å². The third-order valence-electron chi connectivity index (χ3n) is 3.88. The van der Waals surface area contributed by atoms with Gasteiger partial charge in [0.05, 0.1) is 32.5 Å². The van der Waals surface area contributed by atoms with Crippen molar-refractivity contribution in [2.24, 2.45) is 0 Å². The summed E-state index contributed by atoms with van der Waals surface area (Å²) in [6.07, 6.45) is 0. The van der Waals surface area contributed by atoms with Gasteiger partial charge in [-0.2, -0.15) is 4.68 Å². The van der Waals surface area contributed by atoms with Gasteiger partial charge < -0.3 is 14.4 Å². The molecular formula is C15H20N6O3S. The van der Waals surface area contributed by atoms with E-state index in [9.17, 15) is 4.79 Å². The third-order valence-corrected chi connectivity index (χ3v) is 4.82. The minimum Gasteiger partial charge on any atom is -0.497 e. The molecule has 1 aromatic heterocycles. The highest BCUT2D eigenvalue weighted by molar-refractivity contribution is 7.99. The lowest BCUT2D eigenvalue weighted by molar-refractivity contribution is -0.132. The van der Waals surface area contributed by atoms with Gasteiger partial charge in [-0.25, -0.2) is 0 Å². The number of amides is 1. The van der Waals surface area contributed by atoms with Gasteiger partial charge in [-0.1, -0.05) is 0 Å². The quantitative estimate of drug-likeness (QED) is 0.782. The summed E-state index contributed by atoms with van der Waals surface area (Å²) in [5.74, 6) is 3.42. The molecule has 2 aromatic rings. The SMILES string of the molecule is COc1cc(OC)cc(-n2nnnc2CN(C)C(=O)[C@H]2CSCN2)c1. The molecule has 2 heterocycles. The van der Waals surface area contributed by atoms with Crippen molar-refractivity contribution in [1.82, 2.24) is 30.4 Å². The van der Waals surface area contributed by atoms with Gasteiger partial charge in [-0.05, 0) is 10.4 Å². The largest absolute Gasteiger partial charge is 0.497 e. The van der Waals surface area contributed by atoms with Crippen LogP contribution in [0.25, 0.3) is 5.69 Å². The summed E-state index contributed by atoms with van der Waals surface area (Å²) in [5, 5.41) is 15.0. The molecule has 25 heavy (non-hydrogen) atoms. The molecule has 1 fully saturated rings. The molecule has 10 heteroatoms. The fourth-order valence-corrected chi connectivity index (χ4v) is 3.46. The fourth-order valence-electron chi connectivity index (χ4n) is 2.53. The molecule has 0 radical (unpaired) electrons. The van der Waals surface area contributed by atoms with Crippen LogP contribution in [0.4, 0.5) is 0 Å². The number of ether oxygens (including phenoxy) is 2. The van der Waals surface area contributed by atoms with E-state index in [4.69, 9.17) is 9.47 Å². The predicted octanol–water partition coefficient (Wildman–Crippen LogP) is 0.300. The number of hydrogen-bond acceptors (Lipinski definition) is 8. The first-order valence-corrected chi connectivity index (χ1v) is 8.84. The molecule has 0 aliphatic carbocycles. The van der Waals surface area contributed by atoms with E-state index in [1.54, 1.807) is 60.8 Å². The van der Waals surface area contributed by atoms with E-state index in [0.29, 0.717) is 29.6 Å². The van der Waals surface area contributed by atoms with Gasteiger partial charge in [-0.15, -0.1) is 16.9 Å². The van der Waals surface area contributed by atoms with Crippen molar-refractivity contribution in [3.05, 3.63) is 24.0 Å². The van der Waals surface area contributed by atoms with Crippen molar-refractivity contribution in [3.8, 4) is 17.2 Å². The van der Waals surface area contributed by atoms with Gasteiger partial charge in [0.2, 0.25) is 5.91 Å². The number of likely N-dealkylation sites (N-methyl/N-ethyl adjacent to an activating group) is 1. The number of nitrogens with zero attached hydrogens (tertiary/aromatic N) is 5. The summed E-state index contributed by atoms with van der Waals surface area (Å²) in [4.78, 5) is 14.1. The number of aromatic nitrogens is 4. The molecule has 1 amide bonds. The van der Waals surface area contributed by atoms with Crippen LogP contribution in [-0.2, 0) is 11.3 Å². The average Bonchev–Trinajstić information content (AvgIpc) is 3.32. The Morgan fingerprint density at radius 3 is 2.68 bits per heavy atom. The summed E-state index contributed by atoms with van der Waals surface area (Å²) in [6.45, 7) is 0.300. The summed E-state index contributed by atoms with van der Waals surface area (Å²) in [5.41, 5.74) is 0.701. The molecule has 1 N–H and O–H groups in total. The van der Waals surface area contributed by atoms with Crippen LogP contribution in [0.1, 0.15) is 5.82 Å². The van der Waals surface area contributed by atoms with E-state index >= 15 is 0 Å². The highest BCUT2D eigenvalue weighted by atomic mass is 32.2. The number of rotatable bonds is 6. The van der Waals surface area contributed by atoms with E-state index < -0.39 is 0 Å². The summed E-state index contributed by atoms with van der Waals surface area (Å²) < 4.78 is 12.1. The minimum absolute atomic E-state index is 0.0303. The van der Waals surface area contributed by atoms with Crippen molar-refractivity contribution in [2.75, 3.05) is 32.9 Å². The normalized spacial score (nSPS) is 16.7. The topological polar surface area (TPSA) is 94.4 Å². The van der Waals surface area contributed by atoms with Gasteiger partial charge in [0.1, 0.15) is 11.5 Å². The monoisotopic (exact) mass is 364 g/mol. The van der Waals surface area contributed by atoms with Gasteiger partial charge >= 0.3 is 0 Å². The lowest BCUT2D eigenvalue weighted by atomic mass is 10.2. The van der Waals surface area contributed by atoms with Crippen molar-refractivity contribution < 1.29 is 14.3 Å². The Balaban J connectivity index is 1.82. The molecule has 9 nitrogen and oxygen atoms in total. The smallest absolute Gasteiger partial charge is 0.240 e. The zero-order valence-corrected chi connectivity index (χ0v) is 15.1. The Kier molecular flexibility index (Phi) is 5.39. The summed E-state index contributed by atoms with van der Waals surface area (Å²) >= 11 is 1.71. The van der Waals surface area contributed by atoms with Crippen LogP contribution in [0, 0.1) is 0 Å². The second-order valence-electron chi connectivity index (χ2n) is 5.54. The highest BCUT2D eigenvalue weighted by Crippen LogP contribution is 2.25. The van der Waals surface area contributed by atoms with Crippen LogP contribution in [-0.4, -0.2) is 70.0 Å². The zero-order chi connectivity index (χ0) is 17.8. The molecule has 1 atom stereocenters. The van der Waals surface area contributed by atoms with E-state index in [-0.39, 0.29) is 11.9 Å². The molecule has 0 spiro atoms. The number of carbonyl (C=O) groups excluding carboxylic acids is 1. The first kappa shape index (κ1) is 17.5. The van der Waals surface area contributed by atoms with Crippen LogP contribution < -0.4 is 14.8 Å². The first-order valence-electron chi connectivity index (χ1n) is 7.69. The lowest BCUT2D eigenvalue weighted by Crippen LogP contribution is -2.43. The lowest BCUT2D eigenvalue weighted by Gasteiger charge is -2.20. The average molecular weight is 364 g/mol. The number of tetrazole rings is 1. The zero-order valence-electron chi connectivity index (χ0n) is 14.3. The standard InChI is InChI=1S/C15H20N6O3S/c1-20(15(22)13-8-25-9-16-13)7-14-17-18-19-21(14)10-4-11(23-2)6-12(5-10)24-3/h4-6,13,16H,7-9H2,1-3H3/t13-/m1/s1. The maximum atomic E-state index is 12.5. The molecule has 0 bridgehead atoms. The van der Waals surface area contributed by atoms with Crippen LogP contribution in [0.5, 0.6) is 11.5 Å². The summed E-state index contributed by atoms with van der Waals surface area (Å²) in [7, 11) is 4.91. The summed E-state index contributed by atoms with van der Waals surface area (Å²) in [6, 6.07) is 5.22. The molecule has 0 saturated carbocycles. The number of benzene rings is 1. The molecule has 1 saturated heterocycles. The van der Waals surface area contributed by atoms with Crippen LogP contribution >= 0.6 is 11.8 Å². The number of methoxy groups -OCH3 is 2. The van der Waals surface area contributed by atoms with Crippen molar-refractivity contribution in [1.29, 1.82) is 0 Å². The molecule has 3 rings (SSSR count). The molecule has 1 aromatic carbocycles. The molecule has 0 unspecified atom stereocenters. The number of hydrogen-bond donors (Lipinski definition) is 1. The Hall–Kier alpha value is -2.33. The van der Waals surface area contributed by atoms with Crippen LogP contribution in [0.15, 0.2) is 18.2 Å². The Morgan fingerprint density at radius 2 is 2.08 bits per heavy atom. The fraction of sp³-hybridized carbons (Fsp3) is 0.467. The van der Waals surface area contributed by atoms with E-state index in [1.165, 1.54) is 0 Å². The molecule has 1 aliphatic rings. The molecular weight excluding hydrogens is 344 g/mol. The Labute approximate surface area is 149 Å². The second kappa shape index (κ2) is 7.70. The number of thioether (sulfide) groups is 1. The first-order chi connectivity index (χ1) is 12.1. The Bertz CT molecular complexity index is 724. The number of carbonyl (C=O) groups is 1. The minimum atomic E-state index is -0.156.